The molecule has 0 aliphatic carbocycles. The highest BCUT2D eigenvalue weighted by molar-refractivity contribution is 5.97. The van der Waals surface area contributed by atoms with Gasteiger partial charge in [-0.2, -0.15) is 0 Å². The Morgan fingerprint density at radius 1 is 1.07 bits per heavy atom. The average molecular weight is 406 g/mol. The highest BCUT2D eigenvalue weighted by atomic mass is 16.5. The number of amides is 2. The smallest absolute Gasteiger partial charge is 0.253 e. The molecule has 2 heterocycles. The molecule has 1 aliphatic rings. The summed E-state index contributed by atoms with van der Waals surface area (Å²) < 4.78 is 5.42. The van der Waals surface area contributed by atoms with Crippen molar-refractivity contribution in [2.24, 2.45) is 0 Å². The molecular weight excluding hydrogens is 380 g/mol. The summed E-state index contributed by atoms with van der Waals surface area (Å²) in [7, 11) is 2.06. The normalized spacial score (nSPS) is 14.8. The third kappa shape index (κ3) is 4.21. The van der Waals surface area contributed by atoms with E-state index in [0.29, 0.717) is 16.9 Å². The van der Waals surface area contributed by atoms with Crippen LogP contribution in [-0.2, 0) is 11.2 Å². The molecule has 1 saturated heterocycles. The number of fused-ring (bicyclic) bond motifs is 1. The summed E-state index contributed by atoms with van der Waals surface area (Å²) in [5, 5.41) is 7.83. The van der Waals surface area contributed by atoms with Gasteiger partial charge in [0.2, 0.25) is 5.91 Å². The molecule has 0 unspecified atom stereocenters. The number of hydrogen-bond acceptors (Lipinski definition) is 5. The maximum atomic E-state index is 12.6. The molecule has 0 spiro atoms. The van der Waals surface area contributed by atoms with E-state index in [9.17, 15) is 9.59 Å². The van der Waals surface area contributed by atoms with Crippen molar-refractivity contribution >= 4 is 28.5 Å². The highest BCUT2D eigenvalue weighted by Crippen LogP contribution is 2.24. The number of aryl methyl sites for hydroxylation is 2. The van der Waals surface area contributed by atoms with Crippen LogP contribution < -0.4 is 5.32 Å². The van der Waals surface area contributed by atoms with Crippen LogP contribution in [0.2, 0.25) is 0 Å². The molecule has 4 rings (SSSR count). The van der Waals surface area contributed by atoms with E-state index in [4.69, 9.17) is 4.52 Å². The predicted molar refractivity (Wildman–Crippen MR) is 116 cm³/mol. The molecule has 2 aromatic carbocycles. The molecule has 0 atom stereocenters. The standard InChI is InChI=1S/C23H26N4O3/c1-15-12-16(2)22-19(13-15)20(25-30-22)14-21(28)24-18-6-4-17(5-7-18)23(29)27-10-8-26(3)9-11-27/h4-7,12-13H,8-11,14H2,1-3H3,(H,24,28). The number of nitrogens with zero attached hydrogens (tertiary/aromatic N) is 3. The third-order valence-electron chi connectivity index (χ3n) is 5.51. The molecular formula is C23H26N4O3. The minimum Gasteiger partial charge on any atom is -0.356 e. The molecule has 0 radical (unpaired) electrons. The van der Waals surface area contributed by atoms with Crippen molar-refractivity contribution in [2.75, 3.05) is 38.5 Å². The molecule has 1 aromatic heterocycles. The van der Waals surface area contributed by atoms with Gasteiger partial charge in [0.15, 0.2) is 5.58 Å². The van der Waals surface area contributed by atoms with Crippen LogP contribution >= 0.6 is 0 Å². The fourth-order valence-electron chi connectivity index (χ4n) is 3.81. The summed E-state index contributed by atoms with van der Waals surface area (Å²) in [6.07, 6.45) is 0.123. The van der Waals surface area contributed by atoms with Crippen LogP contribution in [0.1, 0.15) is 27.2 Å². The maximum Gasteiger partial charge on any atom is 0.253 e. The van der Waals surface area contributed by atoms with Gasteiger partial charge in [-0.15, -0.1) is 0 Å². The molecule has 2 amide bonds. The van der Waals surface area contributed by atoms with Crippen molar-refractivity contribution < 1.29 is 14.1 Å². The van der Waals surface area contributed by atoms with Crippen LogP contribution in [0.25, 0.3) is 11.0 Å². The van der Waals surface area contributed by atoms with Crippen LogP contribution in [0.4, 0.5) is 5.69 Å². The zero-order valence-electron chi connectivity index (χ0n) is 17.6. The summed E-state index contributed by atoms with van der Waals surface area (Å²) in [5.41, 5.74) is 4.72. The van der Waals surface area contributed by atoms with Crippen LogP contribution in [0.15, 0.2) is 40.9 Å². The minimum atomic E-state index is -0.178. The molecule has 0 saturated carbocycles. The minimum absolute atomic E-state index is 0.0285. The van der Waals surface area contributed by atoms with E-state index in [1.54, 1.807) is 24.3 Å². The van der Waals surface area contributed by atoms with E-state index in [1.165, 1.54) is 0 Å². The Bertz CT molecular complexity index is 1080. The number of carbonyl (C=O) groups is 2. The molecule has 156 valence electrons. The van der Waals surface area contributed by atoms with Gasteiger partial charge in [0.05, 0.1) is 6.42 Å². The van der Waals surface area contributed by atoms with E-state index >= 15 is 0 Å². The van der Waals surface area contributed by atoms with Crippen molar-refractivity contribution in [1.29, 1.82) is 0 Å². The van der Waals surface area contributed by atoms with Crippen molar-refractivity contribution in [3.05, 3.63) is 58.8 Å². The Morgan fingerprint density at radius 3 is 2.47 bits per heavy atom. The van der Waals surface area contributed by atoms with Gasteiger partial charge in [-0.05, 0) is 62.4 Å². The van der Waals surface area contributed by atoms with Crippen molar-refractivity contribution in [2.45, 2.75) is 20.3 Å². The summed E-state index contributed by atoms with van der Waals surface area (Å²) in [4.78, 5) is 29.2. The first-order chi connectivity index (χ1) is 14.4. The molecule has 3 aromatic rings. The Morgan fingerprint density at radius 2 is 1.77 bits per heavy atom. The Kier molecular flexibility index (Phi) is 5.55. The van der Waals surface area contributed by atoms with E-state index in [2.05, 4.69) is 22.4 Å². The number of carbonyl (C=O) groups excluding carboxylic acids is 2. The van der Waals surface area contributed by atoms with Crippen molar-refractivity contribution in [3.8, 4) is 0 Å². The summed E-state index contributed by atoms with van der Waals surface area (Å²) in [6.45, 7) is 7.21. The van der Waals surface area contributed by atoms with E-state index in [1.807, 2.05) is 30.9 Å². The van der Waals surface area contributed by atoms with Gasteiger partial charge in [-0.1, -0.05) is 11.2 Å². The number of aromatic nitrogens is 1. The van der Waals surface area contributed by atoms with Crippen LogP contribution in [0.5, 0.6) is 0 Å². The van der Waals surface area contributed by atoms with Gasteiger partial charge >= 0.3 is 0 Å². The van der Waals surface area contributed by atoms with Crippen molar-refractivity contribution in [3.63, 3.8) is 0 Å². The van der Waals surface area contributed by atoms with Crippen LogP contribution in [-0.4, -0.2) is 60.0 Å². The van der Waals surface area contributed by atoms with E-state index in [-0.39, 0.29) is 18.2 Å². The van der Waals surface area contributed by atoms with Crippen LogP contribution in [0, 0.1) is 13.8 Å². The van der Waals surface area contributed by atoms with Gasteiger partial charge in [-0.3, -0.25) is 9.59 Å². The number of hydrogen-bond donors (Lipinski definition) is 1. The van der Waals surface area contributed by atoms with E-state index < -0.39 is 0 Å². The number of rotatable bonds is 4. The summed E-state index contributed by atoms with van der Waals surface area (Å²) >= 11 is 0. The second kappa shape index (κ2) is 8.28. The number of piperazine rings is 1. The van der Waals surface area contributed by atoms with Gasteiger partial charge in [0.1, 0.15) is 5.69 Å². The lowest BCUT2D eigenvalue weighted by Gasteiger charge is -2.32. The zero-order valence-corrected chi connectivity index (χ0v) is 17.6. The van der Waals surface area contributed by atoms with Gasteiger partial charge in [0, 0.05) is 42.8 Å². The topological polar surface area (TPSA) is 78.7 Å². The molecule has 0 bridgehead atoms. The largest absolute Gasteiger partial charge is 0.356 e. The summed E-state index contributed by atoms with van der Waals surface area (Å²) in [6, 6.07) is 11.1. The second-order valence-corrected chi connectivity index (χ2v) is 7.99. The molecule has 1 aliphatic heterocycles. The fourth-order valence-corrected chi connectivity index (χ4v) is 3.81. The van der Waals surface area contributed by atoms with Crippen LogP contribution in [0.3, 0.4) is 0 Å². The average Bonchev–Trinajstić information content (AvgIpc) is 3.11. The monoisotopic (exact) mass is 406 g/mol. The predicted octanol–water partition coefficient (Wildman–Crippen LogP) is 3.01. The quantitative estimate of drug-likeness (QED) is 0.721. The third-order valence-corrected chi connectivity index (χ3v) is 5.51. The zero-order chi connectivity index (χ0) is 21.3. The molecule has 30 heavy (non-hydrogen) atoms. The summed E-state index contributed by atoms with van der Waals surface area (Å²) in [5.74, 6) is -0.150. The molecule has 7 nitrogen and oxygen atoms in total. The van der Waals surface area contributed by atoms with E-state index in [0.717, 1.165) is 48.3 Å². The number of likely N-dealkylation sites (N-methyl/N-ethyl adjacent to an activating group) is 1. The Labute approximate surface area is 175 Å². The van der Waals surface area contributed by atoms with Crippen molar-refractivity contribution in [1.82, 2.24) is 15.0 Å². The fraction of sp³-hybridized carbons (Fsp3) is 0.348. The second-order valence-electron chi connectivity index (χ2n) is 7.99. The number of benzene rings is 2. The Balaban J connectivity index is 1.40. The first-order valence-electron chi connectivity index (χ1n) is 10.1. The molecule has 1 N–H and O–H groups in total. The SMILES string of the molecule is Cc1cc(C)c2onc(CC(=O)Nc3ccc(C(=O)N4CCN(C)CC4)cc3)c2c1. The lowest BCUT2D eigenvalue weighted by molar-refractivity contribution is -0.115. The maximum absolute atomic E-state index is 12.6. The van der Waals surface area contributed by atoms with Gasteiger partial charge in [0.25, 0.3) is 5.91 Å². The lowest BCUT2D eigenvalue weighted by atomic mass is 10.1. The first kappa shape index (κ1) is 20.1. The first-order valence-corrected chi connectivity index (χ1v) is 10.1. The van der Waals surface area contributed by atoms with Gasteiger partial charge < -0.3 is 19.6 Å². The molecule has 1 fully saturated rings. The lowest BCUT2D eigenvalue weighted by Crippen LogP contribution is -2.47. The number of nitrogens with one attached hydrogen (secondary N) is 1. The van der Waals surface area contributed by atoms with Gasteiger partial charge in [-0.25, -0.2) is 0 Å². The highest BCUT2D eigenvalue weighted by Gasteiger charge is 2.20. The number of anilines is 1. The Hall–Kier alpha value is -3.19. The molecule has 7 heteroatoms.